The first-order chi connectivity index (χ1) is 18.2. The normalized spacial score (nSPS) is 12.5. The first kappa shape index (κ1) is 30.9. The molecule has 0 bridgehead atoms. The summed E-state index contributed by atoms with van der Waals surface area (Å²) in [5.74, 6) is -0.931. The quantitative estimate of drug-likeness (QED) is 0.294. The number of nitrogens with one attached hydrogen (secondary N) is 1. The average Bonchev–Trinajstić information content (AvgIpc) is 2.87. The van der Waals surface area contributed by atoms with Crippen molar-refractivity contribution in [2.24, 2.45) is 0 Å². The third-order valence-electron chi connectivity index (χ3n) is 5.73. The highest BCUT2D eigenvalue weighted by atomic mass is 79.9. The predicted molar refractivity (Wildman–Crippen MR) is 159 cm³/mol. The molecule has 11 heteroatoms. The molecular formula is C28H30BrCl2N3O4S. The molecule has 3 rings (SSSR count). The van der Waals surface area contributed by atoms with Gasteiger partial charge in [-0.05, 0) is 75.7 Å². The number of nitrogens with zero attached hydrogens (tertiary/aromatic N) is 2. The van der Waals surface area contributed by atoms with Gasteiger partial charge in [0, 0.05) is 16.6 Å². The maximum Gasteiger partial charge on any atom is 0.264 e. The van der Waals surface area contributed by atoms with Crippen molar-refractivity contribution >= 4 is 66.7 Å². The number of carbonyl (C=O) groups is 2. The number of benzene rings is 3. The van der Waals surface area contributed by atoms with Crippen molar-refractivity contribution in [3.8, 4) is 0 Å². The van der Waals surface area contributed by atoms with Gasteiger partial charge in [0.25, 0.3) is 10.0 Å². The second-order valence-corrected chi connectivity index (χ2v) is 13.6. The van der Waals surface area contributed by atoms with E-state index in [4.69, 9.17) is 23.2 Å². The highest BCUT2D eigenvalue weighted by Gasteiger charge is 2.33. The van der Waals surface area contributed by atoms with Crippen LogP contribution in [0.15, 0.2) is 82.2 Å². The summed E-state index contributed by atoms with van der Waals surface area (Å²) in [6.07, 6.45) is 0. The Bertz CT molecular complexity index is 1430. The summed E-state index contributed by atoms with van der Waals surface area (Å²) in [5, 5.41) is 3.28. The number of anilines is 1. The molecule has 1 atom stereocenters. The van der Waals surface area contributed by atoms with Crippen LogP contribution in [0.2, 0.25) is 10.0 Å². The van der Waals surface area contributed by atoms with Crippen LogP contribution in [0.5, 0.6) is 0 Å². The predicted octanol–water partition coefficient (Wildman–Crippen LogP) is 6.28. The van der Waals surface area contributed by atoms with E-state index in [1.807, 2.05) is 45.0 Å². The Balaban J connectivity index is 2.04. The summed E-state index contributed by atoms with van der Waals surface area (Å²) < 4.78 is 29.4. The maximum atomic E-state index is 13.9. The van der Waals surface area contributed by atoms with Crippen LogP contribution in [-0.4, -0.2) is 43.3 Å². The maximum absolute atomic E-state index is 13.9. The summed E-state index contributed by atoms with van der Waals surface area (Å²) in [6.45, 7) is 6.67. The Labute approximate surface area is 248 Å². The highest BCUT2D eigenvalue weighted by Crippen LogP contribution is 2.31. The minimum atomic E-state index is -4.19. The van der Waals surface area contributed by atoms with E-state index >= 15 is 0 Å². The standard InChI is InChI=1S/C28H30BrCl2N3O4S/c1-19(27(36)32-28(2,3)4)33(17-20-10-12-21(29)13-11-20)26(35)18-34(22-14-15-24(30)25(31)16-22)39(37,38)23-8-6-5-7-9-23/h5-16,19H,17-18H2,1-4H3,(H,32,36)/t19-/m0/s1. The zero-order valence-corrected chi connectivity index (χ0v) is 25.9. The number of sulfonamides is 1. The smallest absolute Gasteiger partial charge is 0.264 e. The molecule has 0 aromatic heterocycles. The van der Waals surface area contributed by atoms with Crippen molar-refractivity contribution in [1.82, 2.24) is 10.2 Å². The molecule has 39 heavy (non-hydrogen) atoms. The van der Waals surface area contributed by atoms with Gasteiger partial charge < -0.3 is 10.2 Å². The topological polar surface area (TPSA) is 86.8 Å². The molecular weight excluding hydrogens is 625 g/mol. The van der Waals surface area contributed by atoms with Crippen molar-refractivity contribution in [3.05, 3.63) is 92.9 Å². The molecule has 2 amide bonds. The molecule has 0 heterocycles. The van der Waals surface area contributed by atoms with Gasteiger partial charge in [-0.15, -0.1) is 0 Å². The van der Waals surface area contributed by atoms with E-state index in [2.05, 4.69) is 21.2 Å². The molecule has 0 aliphatic rings. The molecule has 208 valence electrons. The van der Waals surface area contributed by atoms with E-state index in [-0.39, 0.29) is 33.1 Å². The summed E-state index contributed by atoms with van der Waals surface area (Å²) in [4.78, 5) is 28.4. The zero-order valence-electron chi connectivity index (χ0n) is 22.0. The Morgan fingerprint density at radius 2 is 1.56 bits per heavy atom. The van der Waals surface area contributed by atoms with Gasteiger partial charge in [-0.25, -0.2) is 8.42 Å². The van der Waals surface area contributed by atoms with Gasteiger partial charge in [0.05, 0.1) is 20.6 Å². The Hall–Kier alpha value is -2.59. The summed E-state index contributed by atoms with van der Waals surface area (Å²) in [7, 11) is -4.19. The van der Waals surface area contributed by atoms with Crippen molar-refractivity contribution in [1.29, 1.82) is 0 Å². The minimum absolute atomic E-state index is 0.00172. The zero-order chi connectivity index (χ0) is 29.0. The molecule has 7 nitrogen and oxygen atoms in total. The van der Waals surface area contributed by atoms with Gasteiger partial charge in [0.15, 0.2) is 0 Å². The average molecular weight is 655 g/mol. The fourth-order valence-electron chi connectivity index (χ4n) is 3.73. The third kappa shape index (κ3) is 8.20. The fourth-order valence-corrected chi connectivity index (χ4v) is 5.72. The van der Waals surface area contributed by atoms with E-state index in [1.165, 1.54) is 35.2 Å². The van der Waals surface area contributed by atoms with Gasteiger partial charge >= 0.3 is 0 Å². The lowest BCUT2D eigenvalue weighted by molar-refractivity contribution is -0.140. The van der Waals surface area contributed by atoms with Crippen LogP contribution in [0, 0.1) is 0 Å². The van der Waals surface area contributed by atoms with Gasteiger partial charge in [-0.3, -0.25) is 13.9 Å². The van der Waals surface area contributed by atoms with Crippen LogP contribution in [0.1, 0.15) is 33.3 Å². The first-order valence-corrected chi connectivity index (χ1v) is 15.1. The Morgan fingerprint density at radius 1 is 0.949 bits per heavy atom. The van der Waals surface area contributed by atoms with Crippen LogP contribution in [0.3, 0.4) is 0 Å². The minimum Gasteiger partial charge on any atom is -0.350 e. The van der Waals surface area contributed by atoms with Crippen LogP contribution in [0.25, 0.3) is 0 Å². The number of hydrogen-bond donors (Lipinski definition) is 1. The Morgan fingerprint density at radius 3 is 2.13 bits per heavy atom. The fraction of sp³-hybridized carbons (Fsp3) is 0.286. The number of halogens is 3. The van der Waals surface area contributed by atoms with Crippen molar-refractivity contribution in [2.45, 2.75) is 50.7 Å². The third-order valence-corrected chi connectivity index (χ3v) is 8.79. The number of amides is 2. The summed E-state index contributed by atoms with van der Waals surface area (Å²) >= 11 is 15.7. The molecule has 0 saturated carbocycles. The van der Waals surface area contributed by atoms with E-state index < -0.39 is 34.1 Å². The number of hydrogen-bond acceptors (Lipinski definition) is 4. The lowest BCUT2D eigenvalue weighted by Crippen LogP contribution is -2.54. The van der Waals surface area contributed by atoms with E-state index in [0.717, 1.165) is 14.3 Å². The van der Waals surface area contributed by atoms with Gasteiger partial charge in [0.2, 0.25) is 11.8 Å². The van der Waals surface area contributed by atoms with Crippen LogP contribution < -0.4 is 9.62 Å². The number of rotatable bonds is 9. The van der Waals surface area contributed by atoms with Crippen LogP contribution in [0.4, 0.5) is 5.69 Å². The van der Waals surface area contributed by atoms with Crippen LogP contribution in [-0.2, 0) is 26.2 Å². The lowest BCUT2D eigenvalue weighted by atomic mass is 10.1. The monoisotopic (exact) mass is 653 g/mol. The molecule has 3 aromatic rings. The molecule has 0 unspecified atom stereocenters. The Kier molecular flexibility index (Phi) is 10.1. The number of carbonyl (C=O) groups excluding carboxylic acids is 2. The van der Waals surface area contributed by atoms with E-state index in [9.17, 15) is 18.0 Å². The van der Waals surface area contributed by atoms with Gasteiger partial charge in [-0.2, -0.15) is 0 Å². The molecule has 0 aliphatic carbocycles. The molecule has 0 aliphatic heterocycles. The largest absolute Gasteiger partial charge is 0.350 e. The molecule has 0 fully saturated rings. The summed E-state index contributed by atoms with van der Waals surface area (Å²) in [5.41, 5.74) is 0.409. The SMILES string of the molecule is C[C@@H](C(=O)NC(C)(C)C)N(Cc1ccc(Br)cc1)C(=O)CN(c1ccc(Cl)c(Cl)c1)S(=O)(=O)c1ccccc1. The van der Waals surface area contributed by atoms with Crippen LogP contribution >= 0.6 is 39.1 Å². The second kappa shape index (κ2) is 12.7. The second-order valence-electron chi connectivity index (χ2n) is 9.99. The molecule has 0 saturated heterocycles. The highest BCUT2D eigenvalue weighted by molar-refractivity contribution is 9.10. The van der Waals surface area contributed by atoms with Crippen molar-refractivity contribution in [2.75, 3.05) is 10.8 Å². The summed E-state index contributed by atoms with van der Waals surface area (Å²) in [6, 6.07) is 18.6. The van der Waals surface area contributed by atoms with Gasteiger partial charge in [0.1, 0.15) is 12.6 Å². The van der Waals surface area contributed by atoms with Crippen molar-refractivity contribution in [3.63, 3.8) is 0 Å². The van der Waals surface area contributed by atoms with E-state index in [1.54, 1.807) is 25.1 Å². The van der Waals surface area contributed by atoms with Gasteiger partial charge in [-0.1, -0.05) is 69.5 Å². The molecule has 0 radical (unpaired) electrons. The molecule has 0 spiro atoms. The van der Waals surface area contributed by atoms with Crippen molar-refractivity contribution < 1.29 is 18.0 Å². The first-order valence-electron chi connectivity index (χ1n) is 12.1. The molecule has 1 N–H and O–H groups in total. The lowest BCUT2D eigenvalue weighted by Gasteiger charge is -2.33. The molecule has 3 aromatic carbocycles. The van der Waals surface area contributed by atoms with E-state index in [0.29, 0.717) is 0 Å².